The average molecular weight is 438 g/mol. The summed E-state index contributed by atoms with van der Waals surface area (Å²) in [6.07, 6.45) is 2.62. The van der Waals surface area contributed by atoms with Crippen LogP contribution in [0.15, 0.2) is 41.3 Å². The molecule has 1 unspecified atom stereocenters. The lowest BCUT2D eigenvalue weighted by molar-refractivity contribution is 0.204. The van der Waals surface area contributed by atoms with Crippen LogP contribution in [0, 0.1) is 17.8 Å². The van der Waals surface area contributed by atoms with E-state index in [0.717, 1.165) is 69.1 Å². The van der Waals surface area contributed by atoms with E-state index in [1.165, 1.54) is 10.1 Å². The highest BCUT2D eigenvalue weighted by molar-refractivity contribution is 5.88. The Morgan fingerprint density at radius 3 is 2.69 bits per heavy atom. The van der Waals surface area contributed by atoms with E-state index in [0.29, 0.717) is 13.1 Å². The molecule has 170 valence electrons. The molecule has 32 heavy (non-hydrogen) atoms. The quantitative estimate of drug-likeness (QED) is 0.602. The number of fused-ring (bicyclic) bond motifs is 1. The summed E-state index contributed by atoms with van der Waals surface area (Å²) in [7, 11) is 0. The molecule has 3 atom stereocenters. The topological polar surface area (TPSA) is 109 Å². The standard InChI is InChI=1S/C23H31N7O2/c24-13-18-19-14-28(15-20(18)19)8-4-16-2-1-3-17(12-16)30-9-5-21(27-23(30)32)26-22(31)29-10-6-25-7-11-29/h1-3,5,9,12,18-20,25H,4,6-8,10-11,13-15,24H2,(H,26,27,31,32)/t18?,19-,20+. The molecule has 1 aliphatic carbocycles. The van der Waals surface area contributed by atoms with E-state index in [-0.39, 0.29) is 11.8 Å². The summed E-state index contributed by atoms with van der Waals surface area (Å²) in [5, 5.41) is 5.94. The third-order valence-corrected chi connectivity index (χ3v) is 7.07. The fourth-order valence-electron chi connectivity index (χ4n) is 5.14. The first-order valence-corrected chi connectivity index (χ1v) is 11.5. The Hall–Kier alpha value is -2.75. The molecule has 0 radical (unpaired) electrons. The van der Waals surface area contributed by atoms with Crippen LogP contribution in [0.2, 0.25) is 0 Å². The van der Waals surface area contributed by atoms with Crippen molar-refractivity contribution in [3.8, 4) is 5.69 Å². The molecule has 0 spiro atoms. The number of likely N-dealkylation sites (tertiary alicyclic amines) is 1. The van der Waals surface area contributed by atoms with Gasteiger partial charge in [0.05, 0.1) is 5.69 Å². The van der Waals surface area contributed by atoms with E-state index in [9.17, 15) is 9.59 Å². The summed E-state index contributed by atoms with van der Waals surface area (Å²) in [4.78, 5) is 33.3. The van der Waals surface area contributed by atoms with Gasteiger partial charge in [0.15, 0.2) is 0 Å². The van der Waals surface area contributed by atoms with Crippen molar-refractivity contribution >= 4 is 11.8 Å². The van der Waals surface area contributed by atoms with E-state index < -0.39 is 5.69 Å². The SMILES string of the molecule is NCC1[C@H]2CN(CCc3cccc(-n4ccc(NC(=O)N5CCNCC5)nc4=O)c3)C[C@@H]12. The van der Waals surface area contributed by atoms with E-state index in [2.05, 4.69) is 26.6 Å². The first-order valence-electron chi connectivity index (χ1n) is 11.5. The number of carbonyl (C=O) groups excluding carboxylic acids is 1. The Morgan fingerprint density at radius 1 is 1.19 bits per heavy atom. The molecule has 1 aromatic heterocycles. The fraction of sp³-hybridized carbons (Fsp3) is 0.522. The maximum Gasteiger partial charge on any atom is 0.354 e. The summed E-state index contributed by atoms with van der Waals surface area (Å²) in [5.41, 5.74) is 7.38. The van der Waals surface area contributed by atoms with Crippen molar-refractivity contribution in [2.24, 2.45) is 23.5 Å². The Bertz CT molecular complexity index is 1020. The van der Waals surface area contributed by atoms with Gasteiger partial charge in [0.2, 0.25) is 0 Å². The Kier molecular flexibility index (Phi) is 5.95. The van der Waals surface area contributed by atoms with Gasteiger partial charge in [-0.3, -0.25) is 9.88 Å². The van der Waals surface area contributed by atoms with Crippen LogP contribution in [0.1, 0.15) is 5.56 Å². The molecule has 9 nitrogen and oxygen atoms in total. The molecule has 9 heteroatoms. The van der Waals surface area contributed by atoms with Crippen molar-refractivity contribution in [1.82, 2.24) is 24.7 Å². The predicted molar refractivity (Wildman–Crippen MR) is 123 cm³/mol. The van der Waals surface area contributed by atoms with Gasteiger partial charge in [-0.25, -0.2) is 9.59 Å². The van der Waals surface area contributed by atoms with Crippen LogP contribution >= 0.6 is 0 Å². The van der Waals surface area contributed by atoms with Gasteiger partial charge in [0.25, 0.3) is 0 Å². The van der Waals surface area contributed by atoms with Gasteiger partial charge in [-0.05, 0) is 54.5 Å². The molecule has 0 bridgehead atoms. The molecule has 4 N–H and O–H groups in total. The van der Waals surface area contributed by atoms with Crippen LogP contribution in [0.25, 0.3) is 5.69 Å². The number of nitrogens with one attached hydrogen (secondary N) is 2. The number of nitrogens with zero attached hydrogens (tertiary/aromatic N) is 4. The smallest absolute Gasteiger partial charge is 0.330 e. The molecule has 2 amide bonds. The molecule has 3 fully saturated rings. The number of anilines is 1. The average Bonchev–Trinajstić information content (AvgIpc) is 3.30. The molecule has 2 aliphatic heterocycles. The van der Waals surface area contributed by atoms with Gasteiger partial charge >= 0.3 is 11.7 Å². The number of aromatic nitrogens is 2. The lowest BCUT2D eigenvalue weighted by Gasteiger charge is -2.27. The molecule has 1 aromatic carbocycles. The molecule has 5 rings (SSSR count). The Labute approximate surface area is 187 Å². The number of amides is 2. The van der Waals surface area contributed by atoms with E-state index >= 15 is 0 Å². The molecule has 3 aliphatic rings. The van der Waals surface area contributed by atoms with Gasteiger partial charge in [-0.1, -0.05) is 12.1 Å². The highest BCUT2D eigenvalue weighted by Crippen LogP contribution is 2.50. The second-order valence-electron chi connectivity index (χ2n) is 9.04. The molecule has 3 heterocycles. The van der Waals surface area contributed by atoms with Crippen LogP contribution in [0.3, 0.4) is 0 Å². The van der Waals surface area contributed by atoms with Crippen LogP contribution in [0.4, 0.5) is 10.6 Å². The number of benzene rings is 1. The minimum absolute atomic E-state index is 0.226. The van der Waals surface area contributed by atoms with Gasteiger partial charge in [-0.2, -0.15) is 4.98 Å². The van der Waals surface area contributed by atoms with Crippen LogP contribution in [-0.4, -0.2) is 77.7 Å². The van der Waals surface area contributed by atoms with E-state index in [1.807, 2.05) is 18.2 Å². The van der Waals surface area contributed by atoms with Crippen LogP contribution in [-0.2, 0) is 6.42 Å². The lowest BCUT2D eigenvalue weighted by Crippen LogP contribution is -2.48. The maximum atomic E-state index is 12.6. The second kappa shape index (κ2) is 9.01. The van der Waals surface area contributed by atoms with E-state index in [1.54, 1.807) is 17.2 Å². The summed E-state index contributed by atoms with van der Waals surface area (Å²) in [6.45, 7) is 7.00. The van der Waals surface area contributed by atoms with Gasteiger partial charge in [-0.15, -0.1) is 0 Å². The van der Waals surface area contributed by atoms with Crippen molar-refractivity contribution in [3.05, 3.63) is 52.6 Å². The van der Waals surface area contributed by atoms with Crippen molar-refractivity contribution in [3.63, 3.8) is 0 Å². The van der Waals surface area contributed by atoms with Crippen molar-refractivity contribution in [1.29, 1.82) is 0 Å². The number of urea groups is 1. The summed E-state index contributed by atoms with van der Waals surface area (Å²) in [5.74, 6) is 2.64. The largest absolute Gasteiger partial charge is 0.354 e. The molecular weight excluding hydrogens is 406 g/mol. The minimum atomic E-state index is -0.410. The monoisotopic (exact) mass is 437 g/mol. The Morgan fingerprint density at radius 2 is 1.97 bits per heavy atom. The third kappa shape index (κ3) is 4.41. The summed E-state index contributed by atoms with van der Waals surface area (Å²) >= 11 is 0. The number of piperazine rings is 1. The van der Waals surface area contributed by atoms with Crippen molar-refractivity contribution in [2.45, 2.75) is 6.42 Å². The first-order chi connectivity index (χ1) is 15.6. The predicted octanol–water partition coefficient (Wildman–Crippen LogP) is 0.349. The van der Waals surface area contributed by atoms with E-state index in [4.69, 9.17) is 5.73 Å². The zero-order valence-electron chi connectivity index (χ0n) is 18.2. The third-order valence-electron chi connectivity index (χ3n) is 7.07. The van der Waals surface area contributed by atoms with Gasteiger partial charge in [0, 0.05) is 52.0 Å². The Balaban J connectivity index is 1.20. The zero-order chi connectivity index (χ0) is 22.1. The number of nitrogens with two attached hydrogens (primary N) is 1. The van der Waals surface area contributed by atoms with Crippen LogP contribution in [0.5, 0.6) is 0 Å². The molecule has 2 aromatic rings. The zero-order valence-corrected chi connectivity index (χ0v) is 18.2. The number of hydrogen-bond acceptors (Lipinski definition) is 6. The minimum Gasteiger partial charge on any atom is -0.330 e. The molecule has 1 saturated carbocycles. The number of carbonyl (C=O) groups is 1. The number of piperidine rings is 1. The van der Waals surface area contributed by atoms with Crippen molar-refractivity contribution < 1.29 is 4.79 Å². The first kappa shape index (κ1) is 21.1. The summed E-state index contributed by atoms with van der Waals surface area (Å²) < 4.78 is 1.51. The maximum absolute atomic E-state index is 12.6. The molecular formula is C23H31N7O2. The summed E-state index contributed by atoms with van der Waals surface area (Å²) in [6, 6.07) is 9.46. The van der Waals surface area contributed by atoms with Gasteiger partial charge < -0.3 is 20.9 Å². The van der Waals surface area contributed by atoms with Crippen LogP contribution < -0.4 is 22.1 Å². The second-order valence-corrected chi connectivity index (χ2v) is 9.04. The van der Waals surface area contributed by atoms with Crippen molar-refractivity contribution in [2.75, 3.05) is 57.7 Å². The number of hydrogen-bond donors (Lipinski definition) is 3. The molecule has 2 saturated heterocycles. The normalized spacial score (nSPS) is 24.9. The highest BCUT2D eigenvalue weighted by atomic mass is 16.2. The lowest BCUT2D eigenvalue weighted by atomic mass is 10.1. The number of rotatable bonds is 6. The highest BCUT2D eigenvalue weighted by Gasteiger charge is 2.54. The fourth-order valence-corrected chi connectivity index (χ4v) is 5.14. The van der Waals surface area contributed by atoms with Gasteiger partial charge in [0.1, 0.15) is 5.82 Å².